The van der Waals surface area contributed by atoms with Crippen LogP contribution in [0, 0.1) is 20.8 Å². The van der Waals surface area contributed by atoms with Gasteiger partial charge in [-0.15, -0.1) is 0 Å². The molecule has 2 heterocycles. The second-order valence-electron chi connectivity index (χ2n) is 6.63. The number of hydrogen-bond donors (Lipinski definition) is 0. The Morgan fingerprint density at radius 2 is 1.69 bits per heavy atom. The van der Waals surface area contributed by atoms with Crippen molar-refractivity contribution in [2.24, 2.45) is 0 Å². The van der Waals surface area contributed by atoms with Gasteiger partial charge in [-0.2, -0.15) is 4.31 Å². The molecular formula is C18H23N3O4S. The van der Waals surface area contributed by atoms with Crippen LogP contribution in [0.15, 0.2) is 28.8 Å². The predicted molar refractivity (Wildman–Crippen MR) is 97.3 cm³/mol. The molecule has 0 N–H and O–H groups in total. The van der Waals surface area contributed by atoms with Crippen LogP contribution in [-0.2, 0) is 15.8 Å². The molecule has 0 aliphatic carbocycles. The molecule has 1 amide bonds. The molecule has 26 heavy (non-hydrogen) atoms. The van der Waals surface area contributed by atoms with Crippen molar-refractivity contribution >= 4 is 15.9 Å². The average molecular weight is 377 g/mol. The van der Waals surface area contributed by atoms with Crippen LogP contribution in [-0.4, -0.2) is 54.9 Å². The third-order valence-electron chi connectivity index (χ3n) is 4.64. The topological polar surface area (TPSA) is 83.7 Å². The third kappa shape index (κ3) is 3.81. The highest BCUT2D eigenvalue weighted by Gasteiger charge is 2.31. The number of rotatable bonds is 4. The van der Waals surface area contributed by atoms with Gasteiger partial charge in [0, 0.05) is 26.2 Å². The number of piperazine rings is 1. The van der Waals surface area contributed by atoms with E-state index in [0.29, 0.717) is 43.2 Å². The second kappa shape index (κ2) is 7.20. The summed E-state index contributed by atoms with van der Waals surface area (Å²) >= 11 is 0. The summed E-state index contributed by atoms with van der Waals surface area (Å²) < 4.78 is 31.8. The van der Waals surface area contributed by atoms with Gasteiger partial charge in [0.1, 0.15) is 11.3 Å². The Bertz CT molecular complexity index is 876. The molecule has 8 heteroatoms. The second-order valence-corrected chi connectivity index (χ2v) is 8.60. The van der Waals surface area contributed by atoms with Crippen molar-refractivity contribution in [1.82, 2.24) is 14.4 Å². The number of carbonyl (C=O) groups excluding carboxylic acids is 1. The number of aromatic nitrogens is 1. The molecule has 0 spiro atoms. The molecule has 140 valence electrons. The Balaban J connectivity index is 1.64. The van der Waals surface area contributed by atoms with E-state index in [1.165, 1.54) is 4.31 Å². The maximum absolute atomic E-state index is 12.7. The van der Waals surface area contributed by atoms with Crippen molar-refractivity contribution in [2.75, 3.05) is 26.2 Å². The number of carbonyl (C=O) groups is 1. The summed E-state index contributed by atoms with van der Waals surface area (Å²) in [7, 11) is -3.40. The minimum absolute atomic E-state index is 0.0227. The molecule has 1 aromatic heterocycles. The van der Waals surface area contributed by atoms with Gasteiger partial charge in [0.05, 0.1) is 11.4 Å². The van der Waals surface area contributed by atoms with Gasteiger partial charge in [-0.1, -0.05) is 35.0 Å². The monoisotopic (exact) mass is 377 g/mol. The summed E-state index contributed by atoms with van der Waals surface area (Å²) in [5.41, 5.74) is 2.89. The van der Waals surface area contributed by atoms with Gasteiger partial charge in [-0.05, 0) is 26.3 Å². The SMILES string of the molecule is Cc1ccc(CS(=O)(=O)N2CCN(C(=O)c3c(C)noc3C)CC2)cc1. The van der Waals surface area contributed by atoms with Crippen LogP contribution < -0.4 is 0 Å². The van der Waals surface area contributed by atoms with Gasteiger partial charge in [0.15, 0.2) is 0 Å². The van der Waals surface area contributed by atoms with Gasteiger partial charge in [-0.3, -0.25) is 4.79 Å². The van der Waals surface area contributed by atoms with Crippen LogP contribution in [0.5, 0.6) is 0 Å². The molecule has 2 aromatic rings. The molecule has 0 atom stereocenters. The summed E-state index contributed by atoms with van der Waals surface area (Å²) in [4.78, 5) is 14.3. The van der Waals surface area contributed by atoms with Crippen LogP contribution in [0.1, 0.15) is 32.9 Å². The number of amides is 1. The van der Waals surface area contributed by atoms with Gasteiger partial charge >= 0.3 is 0 Å². The van der Waals surface area contributed by atoms with Crippen LogP contribution in [0.2, 0.25) is 0 Å². The molecule has 1 aliphatic rings. The zero-order chi connectivity index (χ0) is 18.9. The highest BCUT2D eigenvalue weighted by Crippen LogP contribution is 2.19. The zero-order valence-corrected chi connectivity index (χ0v) is 16.0. The Morgan fingerprint density at radius 1 is 1.08 bits per heavy atom. The number of benzene rings is 1. The Kier molecular flexibility index (Phi) is 5.15. The molecule has 7 nitrogen and oxygen atoms in total. The first-order valence-electron chi connectivity index (χ1n) is 8.53. The lowest BCUT2D eigenvalue weighted by Gasteiger charge is -2.34. The molecule has 0 saturated carbocycles. The Hall–Kier alpha value is -2.19. The minimum Gasteiger partial charge on any atom is -0.361 e. The summed E-state index contributed by atoms with van der Waals surface area (Å²) in [6.45, 7) is 6.70. The summed E-state index contributed by atoms with van der Waals surface area (Å²) in [6.07, 6.45) is 0. The molecule has 0 unspecified atom stereocenters. The van der Waals surface area contributed by atoms with Gasteiger partial charge in [0.2, 0.25) is 10.0 Å². The zero-order valence-electron chi connectivity index (χ0n) is 15.2. The molecule has 1 aliphatic heterocycles. The lowest BCUT2D eigenvalue weighted by Crippen LogP contribution is -2.50. The normalized spacial score (nSPS) is 16.0. The first kappa shape index (κ1) is 18.6. The lowest BCUT2D eigenvalue weighted by molar-refractivity contribution is 0.0695. The molecule has 1 aromatic carbocycles. The molecule has 3 rings (SSSR count). The lowest BCUT2D eigenvalue weighted by atomic mass is 10.1. The first-order valence-corrected chi connectivity index (χ1v) is 10.1. The maximum Gasteiger partial charge on any atom is 0.259 e. The van der Waals surface area contributed by atoms with E-state index in [1.54, 1.807) is 18.7 Å². The van der Waals surface area contributed by atoms with Crippen LogP contribution in [0.25, 0.3) is 0 Å². The van der Waals surface area contributed by atoms with Gasteiger partial charge in [-0.25, -0.2) is 8.42 Å². The molecule has 1 saturated heterocycles. The Morgan fingerprint density at radius 3 is 2.23 bits per heavy atom. The van der Waals surface area contributed by atoms with Crippen LogP contribution >= 0.6 is 0 Å². The van der Waals surface area contributed by atoms with Gasteiger partial charge < -0.3 is 9.42 Å². The quantitative estimate of drug-likeness (QED) is 0.812. The fraction of sp³-hybridized carbons (Fsp3) is 0.444. The molecule has 1 fully saturated rings. The number of aryl methyl sites for hydroxylation is 3. The predicted octanol–water partition coefficient (Wildman–Crippen LogP) is 1.89. The highest BCUT2D eigenvalue weighted by molar-refractivity contribution is 7.88. The number of nitrogens with zero attached hydrogens (tertiary/aromatic N) is 3. The van der Waals surface area contributed by atoms with Crippen molar-refractivity contribution in [3.8, 4) is 0 Å². The maximum atomic E-state index is 12.7. The van der Waals surface area contributed by atoms with Gasteiger partial charge in [0.25, 0.3) is 5.91 Å². The van der Waals surface area contributed by atoms with Crippen molar-refractivity contribution in [1.29, 1.82) is 0 Å². The summed E-state index contributed by atoms with van der Waals surface area (Å²) in [5, 5.41) is 3.81. The van der Waals surface area contributed by atoms with Crippen molar-refractivity contribution in [3.05, 3.63) is 52.4 Å². The van der Waals surface area contributed by atoms with E-state index in [1.807, 2.05) is 31.2 Å². The molecule has 0 bridgehead atoms. The largest absolute Gasteiger partial charge is 0.361 e. The average Bonchev–Trinajstić information content (AvgIpc) is 2.95. The number of sulfonamides is 1. The van der Waals surface area contributed by atoms with Crippen molar-refractivity contribution in [3.63, 3.8) is 0 Å². The van der Waals surface area contributed by atoms with E-state index in [9.17, 15) is 13.2 Å². The molecule has 0 radical (unpaired) electrons. The minimum atomic E-state index is -3.40. The van der Waals surface area contributed by atoms with Crippen molar-refractivity contribution in [2.45, 2.75) is 26.5 Å². The summed E-state index contributed by atoms with van der Waals surface area (Å²) in [5.74, 6) is 0.309. The van der Waals surface area contributed by atoms with E-state index < -0.39 is 10.0 Å². The molecular weight excluding hydrogens is 354 g/mol. The Labute approximate surface area is 153 Å². The fourth-order valence-corrected chi connectivity index (χ4v) is 4.62. The standard InChI is InChI=1S/C18H23N3O4S/c1-13-4-6-16(7-5-13)12-26(23,24)21-10-8-20(9-11-21)18(22)17-14(2)19-25-15(17)3/h4-7H,8-12H2,1-3H3. The smallest absolute Gasteiger partial charge is 0.259 e. The van der Waals surface area contributed by atoms with E-state index in [0.717, 1.165) is 11.1 Å². The summed E-state index contributed by atoms with van der Waals surface area (Å²) in [6, 6.07) is 7.49. The van der Waals surface area contributed by atoms with E-state index in [4.69, 9.17) is 4.52 Å². The first-order chi connectivity index (χ1) is 12.3. The van der Waals surface area contributed by atoms with Crippen LogP contribution in [0.4, 0.5) is 0 Å². The third-order valence-corrected chi connectivity index (χ3v) is 6.49. The van der Waals surface area contributed by atoms with E-state index in [2.05, 4.69) is 5.16 Å². The van der Waals surface area contributed by atoms with Crippen LogP contribution in [0.3, 0.4) is 0 Å². The van der Waals surface area contributed by atoms with Crippen molar-refractivity contribution < 1.29 is 17.7 Å². The van der Waals surface area contributed by atoms with E-state index in [-0.39, 0.29) is 11.7 Å². The van der Waals surface area contributed by atoms with E-state index >= 15 is 0 Å². The fourth-order valence-electron chi connectivity index (χ4n) is 3.10. The number of hydrogen-bond acceptors (Lipinski definition) is 5. The highest BCUT2D eigenvalue weighted by atomic mass is 32.2.